The second-order valence-electron chi connectivity index (χ2n) is 2.18. The van der Waals surface area contributed by atoms with Crippen LogP contribution in [0.15, 0.2) is 34.8 Å². The maximum absolute atomic E-state index is 2.30. The Labute approximate surface area is 78.5 Å². The van der Waals surface area contributed by atoms with Gasteiger partial charge in [-0.2, -0.15) is 0 Å². The lowest BCUT2D eigenvalue weighted by molar-refractivity contribution is 2.08. The summed E-state index contributed by atoms with van der Waals surface area (Å²) in [7, 11) is 5.37. The van der Waals surface area contributed by atoms with Crippen molar-refractivity contribution in [2.24, 2.45) is 0 Å². The number of rotatable bonds is 1. The molecule has 0 aromatic carbocycles. The van der Waals surface area contributed by atoms with Gasteiger partial charge >= 0.3 is 0 Å². The van der Waals surface area contributed by atoms with Gasteiger partial charge in [0, 0.05) is 10.6 Å². The van der Waals surface area contributed by atoms with Gasteiger partial charge in [-0.05, 0) is 34.8 Å². The molecule has 0 radical (unpaired) electrons. The average Bonchev–Trinajstić information content (AvgIpc) is 2.21. The zero-order valence-electron chi connectivity index (χ0n) is 6.25. The topological polar surface area (TPSA) is 0 Å². The molecule has 0 bridgehead atoms. The molecular formula is C8H6P4. The Morgan fingerprint density at radius 3 is 1.50 bits per heavy atom. The van der Waals surface area contributed by atoms with Gasteiger partial charge in [-0.25, -0.2) is 0 Å². The first-order chi connectivity index (χ1) is 5.97. The van der Waals surface area contributed by atoms with Crippen molar-refractivity contribution in [2.75, 3.05) is 0 Å². The maximum atomic E-state index is 2.30. The van der Waals surface area contributed by atoms with Gasteiger partial charge in [0.25, 0.3) is 0 Å². The predicted octanol–water partition coefficient (Wildman–Crippen LogP) is 5.67. The highest BCUT2D eigenvalue weighted by molar-refractivity contribution is 7.43. The molecule has 0 fully saturated rings. The first-order valence-corrected chi connectivity index (χ1v) is 7.48. The molecule has 0 saturated heterocycles. The van der Waals surface area contributed by atoms with E-state index in [2.05, 4.69) is 34.8 Å². The van der Waals surface area contributed by atoms with E-state index < -0.39 is 0 Å². The third kappa shape index (κ3) is 2.10. The molecule has 0 aliphatic carbocycles. The Balaban J connectivity index is 2.46. The summed E-state index contributed by atoms with van der Waals surface area (Å²) < 4.78 is 0. The Kier molecular flexibility index (Phi) is 3.21. The second-order valence-corrected chi connectivity index (χ2v) is 5.97. The monoisotopic (exact) mass is 226 g/mol. The summed E-state index contributed by atoms with van der Waals surface area (Å²) in [6.45, 7) is 0. The summed E-state index contributed by atoms with van der Waals surface area (Å²) in [6, 6.07) is 0. The second kappa shape index (κ2) is 4.41. The Morgan fingerprint density at radius 2 is 1.17 bits per heavy atom. The van der Waals surface area contributed by atoms with E-state index in [0.29, 0.717) is 0 Å². The molecule has 0 aliphatic heterocycles. The van der Waals surface area contributed by atoms with Crippen molar-refractivity contribution in [3.8, 4) is 10.6 Å². The molecule has 0 nitrogen and oxygen atoms in total. The summed E-state index contributed by atoms with van der Waals surface area (Å²) in [5, 5.41) is 2.97. The Hall–Kier alpha value is 0.160. The highest BCUT2D eigenvalue weighted by Crippen LogP contribution is 2.36. The van der Waals surface area contributed by atoms with Crippen molar-refractivity contribution >= 4 is 32.8 Å². The molecule has 0 unspecified atom stereocenters. The van der Waals surface area contributed by atoms with Crippen LogP contribution >= 0.6 is 32.8 Å². The van der Waals surface area contributed by atoms with Crippen molar-refractivity contribution in [1.82, 2.24) is 0 Å². The van der Waals surface area contributed by atoms with Crippen LogP contribution in [0.1, 0.15) is 0 Å². The summed E-state index contributed by atoms with van der Waals surface area (Å²) in [6.07, 6.45) is 0. The molecule has 2 aromatic rings. The molecule has 2 aromatic heterocycles. The molecular weight excluding hydrogens is 220 g/mol. The van der Waals surface area contributed by atoms with Gasteiger partial charge in [-0.3, -0.25) is 0 Å². The third-order valence-corrected chi connectivity index (χ3v) is 5.79. The van der Waals surface area contributed by atoms with E-state index in [-0.39, 0.29) is 0 Å². The van der Waals surface area contributed by atoms with Crippen LogP contribution in [-0.2, 0) is 0 Å². The molecule has 58 valence electrons. The minimum atomic E-state index is 1.33. The lowest BCUT2D eigenvalue weighted by atomic mass is 10.5. The van der Waals surface area contributed by atoms with Crippen LogP contribution in [0, 0.1) is 0 Å². The first kappa shape index (κ1) is 8.74. The smallest absolute Gasteiger partial charge is 0.0185 e. The van der Waals surface area contributed by atoms with Gasteiger partial charge in [0.05, 0.1) is 0 Å². The van der Waals surface area contributed by atoms with Crippen LogP contribution in [0.5, 0.6) is 0 Å². The molecule has 0 atom stereocenters. The van der Waals surface area contributed by atoms with E-state index in [4.69, 9.17) is 0 Å². The van der Waals surface area contributed by atoms with Gasteiger partial charge in [0.15, 0.2) is 0 Å². The van der Waals surface area contributed by atoms with E-state index in [1.54, 1.807) is 0 Å². The van der Waals surface area contributed by atoms with E-state index in [9.17, 15) is 0 Å². The Bertz CT molecular complexity index is 308. The molecule has 4 heteroatoms. The van der Waals surface area contributed by atoms with E-state index in [0.717, 1.165) is 0 Å². The standard InChI is InChI=1S/C8H6P4/c1-3-11-7(5-9-1)8-6-10-2-4-12-8/h1-6H. The largest absolute Gasteiger partial charge is 0.0751 e. The fourth-order valence-electron chi connectivity index (χ4n) is 0.863. The van der Waals surface area contributed by atoms with Crippen molar-refractivity contribution in [3.05, 3.63) is 34.8 Å². The van der Waals surface area contributed by atoms with Crippen LogP contribution in [0.4, 0.5) is 0 Å². The molecule has 0 amide bonds. The van der Waals surface area contributed by atoms with Gasteiger partial charge < -0.3 is 0 Å². The van der Waals surface area contributed by atoms with Crippen molar-refractivity contribution in [1.29, 1.82) is 0 Å². The van der Waals surface area contributed by atoms with Gasteiger partial charge in [0.1, 0.15) is 0 Å². The zero-order valence-corrected chi connectivity index (χ0v) is 9.83. The van der Waals surface area contributed by atoms with Gasteiger partial charge in [0.2, 0.25) is 0 Å². The zero-order chi connectivity index (χ0) is 8.23. The average molecular weight is 226 g/mol. The summed E-state index contributed by atoms with van der Waals surface area (Å²) >= 11 is 0. The first-order valence-electron chi connectivity index (χ1n) is 3.49. The summed E-state index contributed by atoms with van der Waals surface area (Å²) in [4.78, 5) is 0. The molecule has 2 heterocycles. The van der Waals surface area contributed by atoms with Crippen LogP contribution in [0.25, 0.3) is 10.6 Å². The normalized spacial score (nSPS) is 12.3. The summed E-state index contributed by atoms with van der Waals surface area (Å²) in [5.41, 5.74) is 0. The molecule has 2 rings (SSSR count). The van der Waals surface area contributed by atoms with Crippen molar-refractivity contribution < 1.29 is 0 Å². The molecule has 12 heavy (non-hydrogen) atoms. The van der Waals surface area contributed by atoms with E-state index in [1.165, 1.54) is 43.4 Å². The quantitative estimate of drug-likeness (QED) is 0.587. The SMILES string of the molecule is c1cpc(-c2cpccp2)cp1. The van der Waals surface area contributed by atoms with Crippen molar-refractivity contribution in [3.63, 3.8) is 0 Å². The maximum Gasteiger partial charge on any atom is 0.0185 e. The lowest BCUT2D eigenvalue weighted by Gasteiger charge is -1.96. The van der Waals surface area contributed by atoms with Crippen molar-refractivity contribution in [2.45, 2.75) is 0 Å². The lowest BCUT2D eigenvalue weighted by Crippen LogP contribution is -1.59. The predicted molar refractivity (Wildman–Crippen MR) is 61.9 cm³/mol. The highest BCUT2D eigenvalue weighted by atomic mass is 31.1. The minimum absolute atomic E-state index is 1.33. The fraction of sp³-hybridized carbons (Fsp3) is 0. The minimum Gasteiger partial charge on any atom is -0.0751 e. The third-order valence-electron chi connectivity index (χ3n) is 1.39. The molecule has 0 aliphatic rings. The van der Waals surface area contributed by atoms with Crippen LogP contribution in [0.3, 0.4) is 0 Å². The van der Waals surface area contributed by atoms with Crippen LogP contribution in [0.2, 0.25) is 0 Å². The molecule has 0 saturated carbocycles. The van der Waals surface area contributed by atoms with Gasteiger partial charge in [-0.15, -0.1) is 0 Å². The summed E-state index contributed by atoms with van der Waals surface area (Å²) in [5.74, 6) is 13.4. The Morgan fingerprint density at radius 1 is 0.667 bits per heavy atom. The molecule has 0 N–H and O–H groups in total. The number of hydrogen-bond donors (Lipinski definition) is 0. The van der Waals surface area contributed by atoms with Crippen LogP contribution < -0.4 is 0 Å². The van der Waals surface area contributed by atoms with Crippen LogP contribution in [-0.4, -0.2) is 0 Å². The van der Waals surface area contributed by atoms with E-state index in [1.807, 2.05) is 0 Å². The van der Waals surface area contributed by atoms with Gasteiger partial charge in [-0.1, -0.05) is 32.8 Å². The highest BCUT2D eigenvalue weighted by Gasteiger charge is 1.94. The van der Waals surface area contributed by atoms with E-state index >= 15 is 0 Å². The fourth-order valence-corrected chi connectivity index (χ4v) is 4.94. The molecule has 0 spiro atoms. The number of hydrogen-bond acceptors (Lipinski definition) is 0.